The molecule has 0 amide bonds. The molecule has 0 aromatic rings. The summed E-state index contributed by atoms with van der Waals surface area (Å²) in [6.07, 6.45) is 12.5. The fraction of sp³-hybridized carbons (Fsp3) is 1.00. The summed E-state index contributed by atoms with van der Waals surface area (Å²) in [5.74, 6) is 0.834. The standard InChI is InChI=1S/C13H27NOS/c1-12(10-11-16(2)15)14-13-8-6-4-3-5-7-9-13/h12-14H,3-11H2,1-2H3. The summed E-state index contributed by atoms with van der Waals surface area (Å²) in [7, 11) is -0.639. The zero-order chi connectivity index (χ0) is 11.8. The zero-order valence-electron chi connectivity index (χ0n) is 10.8. The van der Waals surface area contributed by atoms with Gasteiger partial charge in [0, 0.05) is 34.9 Å². The van der Waals surface area contributed by atoms with Crippen LogP contribution in [0.1, 0.15) is 58.3 Å². The smallest absolute Gasteiger partial charge is 0.0246 e. The Morgan fingerprint density at radius 3 is 2.31 bits per heavy atom. The van der Waals surface area contributed by atoms with Gasteiger partial charge in [-0.3, -0.25) is 4.21 Å². The van der Waals surface area contributed by atoms with Gasteiger partial charge in [0.15, 0.2) is 0 Å². The highest BCUT2D eigenvalue weighted by atomic mass is 32.2. The van der Waals surface area contributed by atoms with Crippen molar-refractivity contribution in [1.29, 1.82) is 0 Å². The van der Waals surface area contributed by atoms with Gasteiger partial charge in [0.05, 0.1) is 0 Å². The summed E-state index contributed by atoms with van der Waals surface area (Å²) in [4.78, 5) is 0. The number of rotatable bonds is 5. The van der Waals surface area contributed by atoms with E-state index < -0.39 is 10.8 Å². The molecule has 2 unspecified atom stereocenters. The van der Waals surface area contributed by atoms with Crippen molar-refractivity contribution in [3.63, 3.8) is 0 Å². The largest absolute Gasteiger partial charge is 0.311 e. The lowest BCUT2D eigenvalue weighted by Crippen LogP contribution is -2.37. The molecule has 0 aromatic heterocycles. The molecule has 0 spiro atoms. The Balaban J connectivity index is 2.19. The lowest BCUT2D eigenvalue weighted by molar-refractivity contribution is 0.356. The maximum absolute atomic E-state index is 11.0. The molecule has 1 rings (SSSR count). The van der Waals surface area contributed by atoms with Crippen molar-refractivity contribution in [2.24, 2.45) is 0 Å². The van der Waals surface area contributed by atoms with E-state index >= 15 is 0 Å². The molecule has 96 valence electrons. The van der Waals surface area contributed by atoms with Gasteiger partial charge in [0.2, 0.25) is 0 Å². The van der Waals surface area contributed by atoms with E-state index in [1.165, 1.54) is 44.9 Å². The monoisotopic (exact) mass is 245 g/mol. The molecule has 0 aromatic carbocycles. The molecule has 0 radical (unpaired) electrons. The second-order valence-corrected chi connectivity index (χ2v) is 6.73. The summed E-state index contributed by atoms with van der Waals surface area (Å²) >= 11 is 0. The Kier molecular flexibility index (Phi) is 7.30. The van der Waals surface area contributed by atoms with Crippen LogP contribution in [-0.4, -0.2) is 28.3 Å². The first-order chi connectivity index (χ1) is 7.68. The minimum absolute atomic E-state index is 0.522. The Bertz CT molecular complexity index is 200. The van der Waals surface area contributed by atoms with Crippen LogP contribution in [-0.2, 0) is 10.8 Å². The molecule has 2 atom stereocenters. The van der Waals surface area contributed by atoms with E-state index in [-0.39, 0.29) is 0 Å². The van der Waals surface area contributed by atoms with Crippen LogP contribution in [0.25, 0.3) is 0 Å². The van der Waals surface area contributed by atoms with Crippen molar-refractivity contribution in [2.45, 2.75) is 70.4 Å². The number of nitrogens with one attached hydrogen (secondary N) is 1. The van der Waals surface area contributed by atoms with Gasteiger partial charge in [-0.15, -0.1) is 0 Å². The first kappa shape index (κ1) is 14.2. The summed E-state index contributed by atoms with van der Waals surface area (Å²) < 4.78 is 11.0. The third kappa shape index (κ3) is 6.64. The Morgan fingerprint density at radius 2 is 1.75 bits per heavy atom. The van der Waals surface area contributed by atoms with Crippen LogP contribution in [0.3, 0.4) is 0 Å². The van der Waals surface area contributed by atoms with Crippen molar-refractivity contribution in [3.05, 3.63) is 0 Å². The van der Waals surface area contributed by atoms with Crippen molar-refractivity contribution < 1.29 is 4.21 Å². The molecule has 1 aliphatic carbocycles. The predicted molar refractivity (Wildman–Crippen MR) is 72.3 cm³/mol. The maximum atomic E-state index is 11.0. The molecular weight excluding hydrogens is 218 g/mol. The second-order valence-electron chi connectivity index (χ2n) is 5.18. The van der Waals surface area contributed by atoms with E-state index in [2.05, 4.69) is 12.2 Å². The summed E-state index contributed by atoms with van der Waals surface area (Å²) in [5, 5.41) is 3.71. The molecule has 16 heavy (non-hydrogen) atoms. The normalized spacial score (nSPS) is 23.4. The highest BCUT2D eigenvalue weighted by molar-refractivity contribution is 7.84. The van der Waals surface area contributed by atoms with Crippen molar-refractivity contribution >= 4 is 10.8 Å². The van der Waals surface area contributed by atoms with Gasteiger partial charge >= 0.3 is 0 Å². The number of hydrogen-bond donors (Lipinski definition) is 1. The van der Waals surface area contributed by atoms with E-state index in [9.17, 15) is 4.21 Å². The molecule has 0 heterocycles. The highest BCUT2D eigenvalue weighted by Gasteiger charge is 2.13. The average molecular weight is 245 g/mol. The van der Waals surface area contributed by atoms with Gasteiger partial charge in [0.1, 0.15) is 0 Å². The van der Waals surface area contributed by atoms with Crippen LogP contribution in [0.4, 0.5) is 0 Å². The molecule has 1 N–H and O–H groups in total. The van der Waals surface area contributed by atoms with Gasteiger partial charge in [-0.2, -0.15) is 0 Å². The van der Waals surface area contributed by atoms with Crippen LogP contribution in [0, 0.1) is 0 Å². The Labute approximate surface area is 103 Å². The molecule has 0 saturated heterocycles. The quantitative estimate of drug-likeness (QED) is 0.807. The van der Waals surface area contributed by atoms with Gasteiger partial charge in [0.25, 0.3) is 0 Å². The van der Waals surface area contributed by atoms with Crippen LogP contribution in [0.5, 0.6) is 0 Å². The first-order valence-corrected chi connectivity index (χ1v) is 8.47. The molecule has 3 heteroatoms. The third-order valence-electron chi connectivity index (χ3n) is 3.46. The van der Waals surface area contributed by atoms with Crippen LogP contribution >= 0.6 is 0 Å². The molecule has 1 saturated carbocycles. The van der Waals surface area contributed by atoms with Gasteiger partial charge in [-0.25, -0.2) is 0 Å². The van der Waals surface area contributed by atoms with Crippen LogP contribution < -0.4 is 5.32 Å². The fourth-order valence-electron chi connectivity index (χ4n) is 2.45. The summed E-state index contributed by atoms with van der Waals surface area (Å²) in [6.45, 7) is 2.23. The number of hydrogen-bond acceptors (Lipinski definition) is 2. The van der Waals surface area contributed by atoms with Crippen LogP contribution in [0.2, 0.25) is 0 Å². The van der Waals surface area contributed by atoms with E-state index in [1.54, 1.807) is 6.26 Å². The third-order valence-corrected chi connectivity index (χ3v) is 4.27. The lowest BCUT2D eigenvalue weighted by atomic mass is 9.96. The molecule has 1 fully saturated rings. The van der Waals surface area contributed by atoms with Gasteiger partial charge in [-0.1, -0.05) is 32.1 Å². The summed E-state index contributed by atoms with van der Waals surface area (Å²) in [5.41, 5.74) is 0. The molecular formula is C13H27NOS. The fourth-order valence-corrected chi connectivity index (χ4v) is 3.14. The Morgan fingerprint density at radius 1 is 1.19 bits per heavy atom. The predicted octanol–water partition coefficient (Wildman–Crippen LogP) is 2.85. The highest BCUT2D eigenvalue weighted by Crippen LogP contribution is 2.17. The van der Waals surface area contributed by atoms with E-state index in [0.717, 1.165) is 12.2 Å². The van der Waals surface area contributed by atoms with Gasteiger partial charge in [-0.05, 0) is 26.2 Å². The zero-order valence-corrected chi connectivity index (χ0v) is 11.7. The van der Waals surface area contributed by atoms with Crippen LogP contribution in [0.15, 0.2) is 0 Å². The van der Waals surface area contributed by atoms with Gasteiger partial charge < -0.3 is 5.32 Å². The van der Waals surface area contributed by atoms with Crippen molar-refractivity contribution in [1.82, 2.24) is 5.32 Å². The van der Waals surface area contributed by atoms with E-state index in [4.69, 9.17) is 0 Å². The SMILES string of the molecule is CC(CCS(C)=O)NC1CCCCCCC1. The van der Waals surface area contributed by atoms with E-state index in [0.29, 0.717) is 12.1 Å². The van der Waals surface area contributed by atoms with Crippen molar-refractivity contribution in [3.8, 4) is 0 Å². The molecule has 1 aliphatic rings. The second kappa shape index (κ2) is 8.24. The minimum Gasteiger partial charge on any atom is -0.311 e. The summed E-state index contributed by atoms with van der Waals surface area (Å²) in [6, 6.07) is 1.23. The molecule has 0 bridgehead atoms. The maximum Gasteiger partial charge on any atom is 0.0246 e. The lowest BCUT2D eigenvalue weighted by Gasteiger charge is -2.25. The first-order valence-electron chi connectivity index (χ1n) is 6.74. The topological polar surface area (TPSA) is 29.1 Å². The molecule has 2 nitrogen and oxygen atoms in total. The minimum atomic E-state index is -0.639. The average Bonchev–Trinajstić information content (AvgIpc) is 2.19. The van der Waals surface area contributed by atoms with Crippen molar-refractivity contribution in [2.75, 3.05) is 12.0 Å². The molecule has 0 aliphatic heterocycles. The Hall–Kier alpha value is 0.110. The van der Waals surface area contributed by atoms with E-state index in [1.807, 2.05) is 0 Å².